The van der Waals surface area contributed by atoms with E-state index >= 15 is 0 Å². The topological polar surface area (TPSA) is 233 Å². The Bertz CT molecular complexity index is 412. The summed E-state index contributed by atoms with van der Waals surface area (Å²) in [5.41, 5.74) is 0. The Morgan fingerprint density at radius 1 is 0.684 bits per heavy atom. The predicted molar refractivity (Wildman–Crippen MR) is 58.7 cm³/mol. The van der Waals surface area contributed by atoms with Crippen LogP contribution in [0, 0.1) is 0 Å². The van der Waals surface area contributed by atoms with Crippen molar-refractivity contribution in [2.45, 2.75) is 5.40 Å². The summed E-state index contributed by atoms with van der Waals surface area (Å²) in [6.07, 6.45) is 0. The first-order valence-electron chi connectivity index (χ1n) is 3.97. The lowest BCUT2D eigenvalue weighted by molar-refractivity contribution is 0.265. The Kier molecular flexibility index (Phi) is 5.92. The summed E-state index contributed by atoms with van der Waals surface area (Å²) in [6, 6.07) is 0. The van der Waals surface area contributed by atoms with Gasteiger partial charge in [-0.1, -0.05) is 0 Å². The van der Waals surface area contributed by atoms with Gasteiger partial charge in [0.1, 0.15) is 0 Å². The molecule has 0 unspecified atom stereocenters. The fraction of sp³-hybridized carbons (Fsp3) is 1.00. The molecule has 17 heteroatoms. The van der Waals surface area contributed by atoms with Gasteiger partial charge in [-0.25, -0.2) is 9.13 Å². The van der Waals surface area contributed by atoms with Crippen molar-refractivity contribution in [3.8, 4) is 0 Å². The quantitative estimate of drug-likeness (QED) is 0.242. The van der Waals surface area contributed by atoms with E-state index in [-0.39, 0.29) is 0 Å². The maximum absolute atomic E-state index is 10.8. The molecule has 0 atom stereocenters. The lowest BCUT2D eigenvalue weighted by Gasteiger charge is -2.28. The van der Waals surface area contributed by atoms with Crippen molar-refractivity contribution in [3.05, 3.63) is 0 Å². The van der Waals surface area contributed by atoms with E-state index in [0.717, 1.165) is 0 Å². The Hall–Kier alpha value is 0.560. The zero-order valence-corrected chi connectivity index (χ0v) is 12.3. The second kappa shape index (κ2) is 5.75. The van der Waals surface area contributed by atoms with Crippen LogP contribution >= 0.6 is 30.7 Å². The van der Waals surface area contributed by atoms with E-state index in [1.165, 1.54) is 0 Å². The number of hydrogen-bond donors (Lipinski definition) is 8. The molecule has 8 N–H and O–H groups in total. The van der Waals surface area contributed by atoms with E-state index < -0.39 is 47.1 Å². The van der Waals surface area contributed by atoms with Crippen molar-refractivity contribution in [2.24, 2.45) is 0 Å². The molecule has 0 saturated carbocycles. The van der Waals surface area contributed by atoms with E-state index in [9.17, 15) is 18.3 Å². The Morgan fingerprint density at radius 2 is 0.947 bits per heavy atom. The minimum Gasteiger partial charge on any atom is -0.324 e. The largest absolute Gasteiger partial charge is 0.412 e. The van der Waals surface area contributed by atoms with Gasteiger partial charge in [0, 0.05) is 6.54 Å². The number of rotatable bonds is 6. The van der Waals surface area contributed by atoms with Crippen molar-refractivity contribution < 1.29 is 57.4 Å². The molecule has 0 spiro atoms. The first-order chi connectivity index (χ1) is 7.97. The van der Waals surface area contributed by atoms with Crippen LogP contribution in [-0.4, -0.2) is 55.5 Å². The molecule has 0 bridgehead atoms. The Balaban J connectivity index is 5.69. The molecule has 0 aromatic rings. The van der Waals surface area contributed by atoms with E-state index in [1.54, 1.807) is 0 Å². The highest BCUT2D eigenvalue weighted by Crippen LogP contribution is 2.65. The summed E-state index contributed by atoms with van der Waals surface area (Å²) in [6.45, 7) is -1.90. The normalized spacial score (nSPS) is 15.3. The van der Waals surface area contributed by atoms with E-state index in [4.69, 9.17) is 39.1 Å². The number of nitrogens with zero attached hydrogens (tertiary/aromatic N) is 1. The summed E-state index contributed by atoms with van der Waals surface area (Å²) < 4.78 is 42.3. The van der Waals surface area contributed by atoms with Crippen LogP contribution < -0.4 is 0 Å². The van der Waals surface area contributed by atoms with Crippen molar-refractivity contribution in [1.29, 1.82) is 0 Å². The van der Waals surface area contributed by atoms with Crippen LogP contribution in [0.15, 0.2) is 0 Å². The smallest absolute Gasteiger partial charge is 0.324 e. The van der Waals surface area contributed by atoms with Crippen molar-refractivity contribution in [1.82, 2.24) is 4.44 Å². The average Bonchev–Trinajstić information content (AvgIpc) is 1.91. The van der Waals surface area contributed by atoms with E-state index in [0.29, 0.717) is 0 Å². The van der Waals surface area contributed by atoms with Gasteiger partial charge in [-0.05, 0) is 0 Å². The molecular formula is C2H11NO12P4. The standard InChI is InChI=1S/C2H11NO12P4/c4-16(5,6)2(17(7,8)9)1-3(18(10,11)12)19(13,14)15/h2H,1H2,(H2,4,5,6)(H2,7,8,9)(H2,10,11,12)(H2,13,14,15). The molecule has 0 aliphatic carbocycles. The van der Waals surface area contributed by atoms with Crippen LogP contribution in [-0.2, 0) is 18.3 Å². The molecular weight excluding hydrogens is 354 g/mol. The van der Waals surface area contributed by atoms with Gasteiger partial charge in [0.05, 0.1) is 0 Å². The first kappa shape index (κ1) is 19.6. The lowest BCUT2D eigenvalue weighted by atomic mass is 10.8. The highest BCUT2D eigenvalue weighted by Gasteiger charge is 2.51. The summed E-state index contributed by atoms with van der Waals surface area (Å²) in [4.78, 5) is 69.2. The third kappa shape index (κ3) is 6.24. The summed E-state index contributed by atoms with van der Waals surface area (Å²) in [5, 5.41) is -2.99. The lowest BCUT2D eigenvalue weighted by Crippen LogP contribution is -2.28. The highest BCUT2D eigenvalue weighted by molar-refractivity contribution is 7.71. The predicted octanol–water partition coefficient (Wildman–Crippen LogP) is -1.84. The van der Waals surface area contributed by atoms with Gasteiger partial charge in [-0.2, -0.15) is 0 Å². The summed E-state index contributed by atoms with van der Waals surface area (Å²) in [7, 11) is -22.6. The zero-order chi connectivity index (χ0) is 15.9. The molecule has 0 fully saturated rings. The molecule has 13 nitrogen and oxygen atoms in total. The fourth-order valence-corrected chi connectivity index (χ4v) is 5.72. The van der Waals surface area contributed by atoms with Gasteiger partial charge in [-0.15, -0.1) is 4.44 Å². The molecule has 0 aromatic heterocycles. The van der Waals surface area contributed by atoms with Crippen LogP contribution in [0.5, 0.6) is 0 Å². The van der Waals surface area contributed by atoms with Crippen LogP contribution in [0.3, 0.4) is 0 Å². The Morgan fingerprint density at radius 3 is 1.11 bits per heavy atom. The van der Waals surface area contributed by atoms with Gasteiger partial charge in [-0.3, -0.25) is 9.13 Å². The van der Waals surface area contributed by atoms with Gasteiger partial charge in [0.15, 0.2) is 5.40 Å². The monoisotopic (exact) mass is 365 g/mol. The molecule has 0 aromatic carbocycles. The minimum absolute atomic E-state index is 0.983. The molecule has 19 heavy (non-hydrogen) atoms. The van der Waals surface area contributed by atoms with E-state index in [1.807, 2.05) is 0 Å². The molecule has 0 aliphatic heterocycles. The second-order valence-corrected chi connectivity index (χ2v) is 10.6. The van der Waals surface area contributed by atoms with E-state index in [2.05, 4.69) is 0 Å². The molecule has 0 aliphatic rings. The molecule has 0 heterocycles. The van der Waals surface area contributed by atoms with Crippen LogP contribution in [0.25, 0.3) is 0 Å². The molecule has 0 saturated heterocycles. The second-order valence-electron chi connectivity index (χ2n) is 3.24. The molecule has 0 radical (unpaired) electrons. The molecule has 116 valence electrons. The molecule has 0 rings (SSSR count). The van der Waals surface area contributed by atoms with Gasteiger partial charge >= 0.3 is 30.7 Å². The first-order valence-corrected chi connectivity index (χ1v) is 10.5. The maximum Gasteiger partial charge on any atom is 0.412 e. The Labute approximate surface area is 105 Å². The number of hydrogen-bond acceptors (Lipinski definition) is 4. The fourth-order valence-electron chi connectivity index (χ4n) is 0.919. The van der Waals surface area contributed by atoms with Gasteiger partial charge < -0.3 is 39.1 Å². The maximum atomic E-state index is 10.8. The average molecular weight is 365 g/mol. The third-order valence-electron chi connectivity index (χ3n) is 1.70. The zero-order valence-electron chi connectivity index (χ0n) is 8.73. The minimum atomic E-state index is -5.71. The SMILES string of the molecule is O=P(O)(O)C(CN(P(=O)(O)O)P(=O)(O)O)P(=O)(O)O. The van der Waals surface area contributed by atoms with Gasteiger partial charge in [0.25, 0.3) is 0 Å². The van der Waals surface area contributed by atoms with Crippen molar-refractivity contribution in [2.75, 3.05) is 6.54 Å². The van der Waals surface area contributed by atoms with Crippen LogP contribution in [0.1, 0.15) is 0 Å². The van der Waals surface area contributed by atoms with Crippen LogP contribution in [0.4, 0.5) is 0 Å². The van der Waals surface area contributed by atoms with Crippen molar-refractivity contribution >= 4 is 30.7 Å². The van der Waals surface area contributed by atoms with Crippen LogP contribution in [0.2, 0.25) is 0 Å². The molecule has 0 amide bonds. The highest BCUT2D eigenvalue weighted by atomic mass is 31.3. The summed E-state index contributed by atoms with van der Waals surface area (Å²) >= 11 is 0. The van der Waals surface area contributed by atoms with Gasteiger partial charge in [0.2, 0.25) is 0 Å². The summed E-state index contributed by atoms with van der Waals surface area (Å²) in [5.74, 6) is 0. The van der Waals surface area contributed by atoms with Crippen molar-refractivity contribution in [3.63, 3.8) is 0 Å². The third-order valence-corrected chi connectivity index (χ3v) is 8.32.